The van der Waals surface area contributed by atoms with Crippen LogP contribution in [0, 0.1) is 19.3 Å². The van der Waals surface area contributed by atoms with Crippen LogP contribution in [0.25, 0.3) is 6.08 Å². The summed E-state index contributed by atoms with van der Waals surface area (Å²) in [6, 6.07) is 18.9. The highest BCUT2D eigenvalue weighted by Crippen LogP contribution is 2.16. The minimum Gasteiger partial charge on any atom is -0.398 e. The Labute approximate surface area is 225 Å². The van der Waals surface area contributed by atoms with Gasteiger partial charge < -0.3 is 16.5 Å². The monoisotopic (exact) mass is 519 g/mol. The van der Waals surface area contributed by atoms with Crippen LogP contribution in [0.15, 0.2) is 85.2 Å². The molecule has 38 heavy (non-hydrogen) atoms. The van der Waals surface area contributed by atoms with Crippen molar-refractivity contribution < 1.29 is 14.4 Å². The summed E-state index contributed by atoms with van der Waals surface area (Å²) in [5.74, 6) is -0.0710. The highest BCUT2D eigenvalue weighted by molar-refractivity contribution is 6.11. The zero-order valence-corrected chi connectivity index (χ0v) is 22.6. The molecule has 1 amide bonds. The van der Waals surface area contributed by atoms with Crippen LogP contribution < -0.4 is 16.5 Å². The summed E-state index contributed by atoms with van der Waals surface area (Å²) in [6.45, 7) is 11.4. The number of para-hydroxylation sites is 1. The van der Waals surface area contributed by atoms with E-state index >= 15 is 0 Å². The Balaban J connectivity index is 0.000000357. The van der Waals surface area contributed by atoms with Crippen molar-refractivity contribution in [2.75, 3.05) is 11.1 Å². The smallest absolute Gasteiger partial charge is 0.224 e. The lowest BCUT2D eigenvalue weighted by Gasteiger charge is -2.08. The van der Waals surface area contributed by atoms with Gasteiger partial charge in [0.25, 0.3) is 0 Å². The van der Waals surface area contributed by atoms with Crippen LogP contribution in [0.1, 0.15) is 55.5 Å². The minimum atomic E-state index is -0.0710. The Morgan fingerprint density at radius 2 is 1.82 bits per heavy atom. The van der Waals surface area contributed by atoms with Crippen LogP contribution in [0.5, 0.6) is 0 Å². The van der Waals surface area contributed by atoms with Crippen molar-refractivity contribution in [3.63, 3.8) is 0 Å². The summed E-state index contributed by atoms with van der Waals surface area (Å²) in [5, 5.41) is 14.0. The number of nitrogen functional groups attached to an aromatic ring is 1. The third-order valence-electron chi connectivity index (χ3n) is 5.09. The zero-order valence-electron chi connectivity index (χ0n) is 22.6. The van der Waals surface area contributed by atoms with Gasteiger partial charge in [0.1, 0.15) is 0 Å². The standard InChI is InChI=1S/C15H15N3.C13H17FN2O2.C2H6/c1-11-5-7-13(15(17)10-11)14(16)8-6-12-4-2-3-9-18-12;1-10-6-3-4-8-12(10)15-13(17)9-5-7-11(2)16-18-14;1-2/h2-10,16H,17H2,1H3;3-4,6,8,16H,2,5,7,9H2,1H3,(H,15,17);1-2H3/b8-6+,16-14?;;. The van der Waals surface area contributed by atoms with Crippen LogP contribution in [-0.4, -0.2) is 16.6 Å². The van der Waals surface area contributed by atoms with E-state index in [9.17, 15) is 9.32 Å². The fourth-order valence-corrected chi connectivity index (χ4v) is 3.15. The fraction of sp³-hybridized carbons (Fsp3) is 0.233. The number of anilines is 2. The summed E-state index contributed by atoms with van der Waals surface area (Å²) in [6.07, 6.45) is 6.65. The van der Waals surface area contributed by atoms with Crippen LogP contribution >= 0.6 is 0 Å². The van der Waals surface area contributed by atoms with Gasteiger partial charge in [-0.2, -0.15) is 0 Å². The van der Waals surface area contributed by atoms with Crippen molar-refractivity contribution in [3.05, 3.63) is 108 Å². The first kappa shape index (κ1) is 31.7. The zero-order chi connectivity index (χ0) is 28.3. The highest BCUT2D eigenvalue weighted by atomic mass is 19.3. The van der Waals surface area contributed by atoms with Gasteiger partial charge in [-0.15, -0.1) is 0 Å². The maximum atomic E-state index is 11.6. The molecule has 0 fully saturated rings. The molecule has 0 atom stereocenters. The van der Waals surface area contributed by atoms with E-state index in [1.165, 1.54) is 0 Å². The van der Waals surface area contributed by atoms with Crippen molar-refractivity contribution in [1.29, 1.82) is 5.41 Å². The second kappa shape index (κ2) is 18.0. The molecule has 0 saturated carbocycles. The molecular formula is C30H38FN5O2. The number of pyridine rings is 1. The largest absolute Gasteiger partial charge is 0.398 e. The van der Waals surface area contributed by atoms with Crippen molar-refractivity contribution >= 4 is 29.1 Å². The Bertz CT molecular complexity index is 1200. The first-order valence-electron chi connectivity index (χ1n) is 12.4. The quantitative estimate of drug-likeness (QED) is 0.130. The third-order valence-corrected chi connectivity index (χ3v) is 5.09. The van der Waals surface area contributed by atoms with E-state index in [0.29, 0.717) is 36.4 Å². The SMILES string of the molecule is C=C(CCCC(=O)Nc1ccccc1C)NOF.CC.Cc1ccc(C(=N)/C=C/c2ccccn2)c(N)c1. The van der Waals surface area contributed by atoms with Crippen LogP contribution in [0.3, 0.4) is 0 Å². The van der Waals surface area contributed by atoms with Crippen LogP contribution in [0.4, 0.5) is 15.9 Å². The van der Waals surface area contributed by atoms with E-state index in [4.69, 9.17) is 11.1 Å². The average molecular weight is 520 g/mol. The molecule has 3 rings (SSSR count). The third kappa shape index (κ3) is 12.1. The molecule has 5 N–H and O–H groups in total. The molecule has 0 aliphatic rings. The summed E-state index contributed by atoms with van der Waals surface area (Å²) in [5.41, 5.74) is 13.8. The molecule has 0 aliphatic carbocycles. The van der Waals surface area contributed by atoms with Gasteiger partial charge in [0.2, 0.25) is 5.91 Å². The Hall–Kier alpha value is -4.30. The number of carbonyl (C=O) groups is 1. The first-order valence-corrected chi connectivity index (χ1v) is 12.4. The lowest BCUT2D eigenvalue weighted by atomic mass is 10.0. The molecule has 2 aromatic carbocycles. The lowest BCUT2D eigenvalue weighted by Crippen LogP contribution is -2.13. The number of hydrogen-bond donors (Lipinski definition) is 4. The maximum Gasteiger partial charge on any atom is 0.224 e. The van der Waals surface area contributed by atoms with E-state index in [1.807, 2.05) is 99.9 Å². The van der Waals surface area contributed by atoms with Gasteiger partial charge >= 0.3 is 0 Å². The molecule has 202 valence electrons. The van der Waals surface area contributed by atoms with Crippen molar-refractivity contribution in [3.8, 4) is 0 Å². The number of aryl methyl sites for hydroxylation is 2. The molecule has 7 nitrogen and oxygen atoms in total. The second-order valence-corrected chi connectivity index (χ2v) is 8.09. The topological polar surface area (TPSA) is 113 Å². The van der Waals surface area contributed by atoms with Crippen LogP contribution in [-0.2, 0) is 9.84 Å². The first-order chi connectivity index (χ1) is 18.3. The maximum absolute atomic E-state index is 11.6. The van der Waals surface area contributed by atoms with E-state index in [1.54, 1.807) is 12.3 Å². The van der Waals surface area contributed by atoms with Gasteiger partial charge in [-0.25, -0.2) is 5.48 Å². The number of benzene rings is 2. The van der Waals surface area contributed by atoms with Crippen molar-refractivity contribution in [2.24, 2.45) is 0 Å². The molecule has 0 bridgehead atoms. The van der Waals surface area contributed by atoms with Crippen molar-refractivity contribution in [2.45, 2.75) is 47.0 Å². The van der Waals surface area contributed by atoms with Gasteiger partial charge in [0, 0.05) is 35.3 Å². The molecule has 8 heteroatoms. The molecule has 0 aliphatic heterocycles. The van der Waals surface area contributed by atoms with Crippen molar-refractivity contribution in [1.82, 2.24) is 10.5 Å². The van der Waals surface area contributed by atoms with Gasteiger partial charge in [-0.05, 0) is 78.8 Å². The average Bonchev–Trinajstić information content (AvgIpc) is 2.91. The molecule has 1 heterocycles. The number of hydroxylamine groups is 1. The summed E-state index contributed by atoms with van der Waals surface area (Å²) >= 11 is 0. The Kier molecular flexibility index (Phi) is 15.0. The number of halogens is 1. The number of amides is 1. The van der Waals surface area contributed by atoms with E-state index in [-0.39, 0.29) is 5.91 Å². The predicted octanol–water partition coefficient (Wildman–Crippen LogP) is 7.10. The molecule has 0 unspecified atom stereocenters. The second-order valence-electron chi connectivity index (χ2n) is 8.09. The summed E-state index contributed by atoms with van der Waals surface area (Å²) in [4.78, 5) is 15.8. The Morgan fingerprint density at radius 1 is 1.11 bits per heavy atom. The molecule has 1 aromatic heterocycles. The number of nitrogens with one attached hydrogen (secondary N) is 3. The van der Waals surface area contributed by atoms with E-state index in [2.05, 4.69) is 21.9 Å². The van der Waals surface area contributed by atoms with E-state index < -0.39 is 0 Å². The van der Waals surface area contributed by atoms with Gasteiger partial charge in [-0.3, -0.25) is 9.78 Å². The Morgan fingerprint density at radius 3 is 2.45 bits per heavy atom. The number of nitrogens with zero attached hydrogens (tertiary/aromatic N) is 1. The number of hydrogen-bond acceptors (Lipinski definition) is 6. The molecule has 0 saturated heterocycles. The minimum absolute atomic E-state index is 0.0710. The molecule has 0 radical (unpaired) electrons. The van der Waals surface area contributed by atoms with E-state index in [0.717, 1.165) is 28.1 Å². The summed E-state index contributed by atoms with van der Waals surface area (Å²) < 4.78 is 11.4. The number of rotatable bonds is 10. The number of allylic oxidation sites excluding steroid dienone is 2. The normalized spacial score (nSPS) is 9.92. The number of aromatic nitrogens is 1. The number of carbonyl (C=O) groups excluding carboxylic acids is 1. The molecular weight excluding hydrogens is 481 g/mol. The highest BCUT2D eigenvalue weighted by Gasteiger charge is 2.05. The molecule has 3 aromatic rings. The lowest BCUT2D eigenvalue weighted by molar-refractivity contribution is -0.181. The predicted molar refractivity (Wildman–Crippen MR) is 155 cm³/mol. The van der Waals surface area contributed by atoms with Gasteiger partial charge in [-0.1, -0.05) is 61.9 Å². The summed E-state index contributed by atoms with van der Waals surface area (Å²) in [7, 11) is 0. The molecule has 0 spiro atoms. The van der Waals surface area contributed by atoms with Gasteiger partial charge in [0.15, 0.2) is 0 Å². The van der Waals surface area contributed by atoms with Gasteiger partial charge in [0.05, 0.1) is 11.4 Å². The van der Waals surface area contributed by atoms with Crippen LogP contribution in [0.2, 0.25) is 0 Å². The fourth-order valence-electron chi connectivity index (χ4n) is 3.15. The number of nitrogens with two attached hydrogens (primary N) is 1.